The number of furan rings is 1. The van der Waals surface area contributed by atoms with Gasteiger partial charge in [0.25, 0.3) is 0 Å². The molecule has 0 spiro atoms. The van der Waals surface area contributed by atoms with Gasteiger partial charge in [0.1, 0.15) is 23.0 Å². The number of aromatic nitrogens is 2. The van der Waals surface area contributed by atoms with Crippen LogP contribution >= 0.6 is 0 Å². The van der Waals surface area contributed by atoms with Crippen LogP contribution in [-0.2, 0) is 24.9 Å². The van der Waals surface area contributed by atoms with Crippen LogP contribution in [0.4, 0.5) is 0 Å². The Morgan fingerprint density at radius 2 is 1.74 bits per heavy atom. The number of carbonyl (C=O) groups is 1. The molecule has 3 aromatic carbocycles. The van der Waals surface area contributed by atoms with Gasteiger partial charge >= 0.3 is 0 Å². The van der Waals surface area contributed by atoms with E-state index in [1.54, 1.807) is 6.33 Å². The van der Waals surface area contributed by atoms with Crippen molar-refractivity contribution in [3.8, 4) is 11.3 Å². The van der Waals surface area contributed by atoms with Crippen LogP contribution in [0.3, 0.4) is 0 Å². The second-order valence-electron chi connectivity index (χ2n) is 6.84. The first-order chi connectivity index (χ1) is 14.5. The summed E-state index contributed by atoms with van der Waals surface area (Å²) in [6.45, 7) is 2.85. The molecule has 0 amide bonds. The Hall–Kier alpha value is -3.34. The van der Waals surface area contributed by atoms with Gasteiger partial charge in [-0.15, -0.1) is 35.9 Å². The number of rotatable bonds is 2. The number of benzene rings is 3. The normalized spacial score (nSPS) is 11.1. The molecule has 0 saturated heterocycles. The summed E-state index contributed by atoms with van der Waals surface area (Å²) in [5.74, 6) is -0.0625. The van der Waals surface area contributed by atoms with Crippen LogP contribution in [0.25, 0.3) is 44.1 Å². The number of carbonyl (C=O) groups excluding carboxylic acids is 1. The van der Waals surface area contributed by atoms with Gasteiger partial charge in [0.05, 0.1) is 5.76 Å². The van der Waals surface area contributed by atoms with Crippen molar-refractivity contribution in [2.75, 3.05) is 0 Å². The molecule has 1 radical (unpaired) electrons. The fraction of sp³-hybridized carbons (Fsp3) is 0.0800. The molecule has 0 unspecified atom stereocenters. The maximum absolute atomic E-state index is 10.0. The van der Waals surface area contributed by atoms with Crippen molar-refractivity contribution in [1.82, 2.24) is 9.97 Å². The van der Waals surface area contributed by atoms with Crippen molar-refractivity contribution in [3.63, 3.8) is 0 Å². The SMILES string of the molecule is CC(=O)/C=C(/C)O.[Ir].[c-]1ccccc1-c1ncnc2c1oc1c3ccccc3ccc21. The molecule has 5 rings (SSSR count). The Morgan fingerprint density at radius 1 is 0.968 bits per heavy atom. The zero-order valence-corrected chi connectivity index (χ0v) is 19.3. The first-order valence-corrected chi connectivity index (χ1v) is 9.44. The number of aliphatic hydroxyl groups excluding tert-OH is 1. The molecule has 0 atom stereocenters. The number of ketones is 1. The number of hydrogen-bond acceptors (Lipinski definition) is 5. The molecule has 0 aliphatic heterocycles. The summed E-state index contributed by atoms with van der Waals surface area (Å²) in [5, 5.41) is 11.6. The molecule has 5 aromatic rings. The Labute approximate surface area is 192 Å². The third-order valence-corrected chi connectivity index (χ3v) is 4.52. The van der Waals surface area contributed by atoms with Gasteiger partial charge in [0, 0.05) is 42.6 Å². The first-order valence-electron chi connectivity index (χ1n) is 9.44. The van der Waals surface area contributed by atoms with Gasteiger partial charge in [-0.2, -0.15) is 0 Å². The molecule has 0 bridgehead atoms. The fourth-order valence-electron chi connectivity index (χ4n) is 3.33. The van der Waals surface area contributed by atoms with Gasteiger partial charge in [0.15, 0.2) is 5.78 Å². The first kappa shape index (κ1) is 22.3. The van der Waals surface area contributed by atoms with Crippen molar-refractivity contribution in [1.29, 1.82) is 0 Å². The van der Waals surface area contributed by atoms with Gasteiger partial charge in [-0.1, -0.05) is 30.3 Å². The topological polar surface area (TPSA) is 76.2 Å². The zero-order chi connectivity index (χ0) is 21.1. The van der Waals surface area contributed by atoms with Crippen LogP contribution in [0.1, 0.15) is 13.8 Å². The standard InChI is InChI=1S/C20H11N2O.C5H8O2.Ir/c1-2-7-14(8-3-1)17-20-18(22-12-21-17)16-11-10-13-6-4-5-9-15(13)19(16)23-20;1-4(6)3-5(2)7;/h1-7,9-12H;3,6H,1-2H3;/q-1;;/b;4-3-;. The molecule has 0 fully saturated rings. The number of aliphatic hydroxyl groups is 1. The average Bonchev–Trinajstić information content (AvgIpc) is 3.13. The van der Waals surface area contributed by atoms with Crippen LogP contribution in [0.5, 0.6) is 0 Å². The Bertz CT molecular complexity index is 1390. The fourth-order valence-corrected chi connectivity index (χ4v) is 3.33. The van der Waals surface area contributed by atoms with Crippen molar-refractivity contribution in [2.45, 2.75) is 13.8 Å². The Balaban J connectivity index is 0.000000299. The van der Waals surface area contributed by atoms with Crippen LogP contribution in [0.2, 0.25) is 0 Å². The molecule has 5 nitrogen and oxygen atoms in total. The molecule has 31 heavy (non-hydrogen) atoms. The summed E-state index contributed by atoms with van der Waals surface area (Å²) < 4.78 is 6.21. The Kier molecular flexibility index (Phi) is 6.95. The molecular formula is C25H19IrN2O3-. The summed E-state index contributed by atoms with van der Waals surface area (Å²) in [7, 11) is 0. The van der Waals surface area contributed by atoms with Crippen molar-refractivity contribution in [2.24, 2.45) is 0 Å². The minimum Gasteiger partial charge on any atom is -0.512 e. The second-order valence-corrected chi connectivity index (χ2v) is 6.84. The van der Waals surface area contributed by atoms with E-state index in [4.69, 9.17) is 9.52 Å². The van der Waals surface area contributed by atoms with E-state index in [0.29, 0.717) is 5.58 Å². The molecule has 0 aliphatic carbocycles. The van der Waals surface area contributed by atoms with Crippen LogP contribution in [0, 0.1) is 6.07 Å². The van der Waals surface area contributed by atoms with Gasteiger partial charge in [-0.05, 0) is 25.3 Å². The molecule has 157 valence electrons. The molecule has 0 saturated carbocycles. The van der Waals surface area contributed by atoms with E-state index >= 15 is 0 Å². The number of fused-ring (bicyclic) bond motifs is 5. The smallest absolute Gasteiger partial charge is 0.155 e. The molecule has 0 aliphatic rings. The van der Waals surface area contributed by atoms with E-state index < -0.39 is 0 Å². The van der Waals surface area contributed by atoms with Crippen LogP contribution in [0.15, 0.2) is 83.2 Å². The maximum Gasteiger partial charge on any atom is 0.155 e. The number of allylic oxidation sites excluding steroid dienone is 2. The monoisotopic (exact) mass is 588 g/mol. The molecule has 6 heteroatoms. The predicted octanol–water partition coefficient (Wildman–Crippen LogP) is 6.03. The molecular weight excluding hydrogens is 569 g/mol. The van der Waals surface area contributed by atoms with E-state index in [9.17, 15) is 4.79 Å². The van der Waals surface area contributed by atoms with E-state index in [-0.39, 0.29) is 31.6 Å². The van der Waals surface area contributed by atoms with Gasteiger partial charge < -0.3 is 9.52 Å². The quantitative estimate of drug-likeness (QED) is 0.155. The van der Waals surface area contributed by atoms with Crippen LogP contribution < -0.4 is 0 Å². The summed E-state index contributed by atoms with van der Waals surface area (Å²) in [5.41, 5.74) is 4.09. The van der Waals surface area contributed by atoms with E-state index in [1.165, 1.54) is 19.9 Å². The Morgan fingerprint density at radius 3 is 2.42 bits per heavy atom. The molecule has 2 heterocycles. The minimum absolute atomic E-state index is 0. The summed E-state index contributed by atoms with van der Waals surface area (Å²) >= 11 is 0. The van der Waals surface area contributed by atoms with Crippen molar-refractivity contribution >= 4 is 38.6 Å². The molecule has 2 aromatic heterocycles. The van der Waals surface area contributed by atoms with E-state index in [1.807, 2.05) is 36.4 Å². The average molecular weight is 588 g/mol. The maximum atomic E-state index is 10.0. The summed E-state index contributed by atoms with van der Waals surface area (Å²) in [6, 6.07) is 23.3. The number of hydrogen-bond donors (Lipinski definition) is 1. The third-order valence-electron chi connectivity index (χ3n) is 4.52. The third kappa shape index (κ3) is 4.71. The summed E-state index contributed by atoms with van der Waals surface area (Å²) in [4.78, 5) is 18.9. The van der Waals surface area contributed by atoms with E-state index in [2.05, 4.69) is 40.3 Å². The van der Waals surface area contributed by atoms with Gasteiger partial charge in [0.2, 0.25) is 0 Å². The van der Waals surface area contributed by atoms with E-state index in [0.717, 1.165) is 38.5 Å². The molecule has 1 N–H and O–H groups in total. The predicted molar refractivity (Wildman–Crippen MR) is 118 cm³/mol. The van der Waals surface area contributed by atoms with Gasteiger partial charge in [-0.25, -0.2) is 4.98 Å². The van der Waals surface area contributed by atoms with Crippen molar-refractivity contribution in [3.05, 3.63) is 84.9 Å². The van der Waals surface area contributed by atoms with Crippen LogP contribution in [-0.4, -0.2) is 20.9 Å². The van der Waals surface area contributed by atoms with Crippen molar-refractivity contribution < 1.29 is 34.4 Å². The van der Waals surface area contributed by atoms with Gasteiger partial charge in [-0.3, -0.25) is 9.78 Å². The summed E-state index contributed by atoms with van der Waals surface area (Å²) in [6.07, 6.45) is 2.75. The second kappa shape index (κ2) is 9.65. The largest absolute Gasteiger partial charge is 0.512 e. The number of nitrogens with zero attached hydrogens (tertiary/aromatic N) is 2. The minimum atomic E-state index is -0.125. The zero-order valence-electron chi connectivity index (χ0n) is 16.9.